The van der Waals surface area contributed by atoms with Gasteiger partial charge in [-0.3, -0.25) is 0 Å². The van der Waals surface area contributed by atoms with Crippen LogP contribution in [0.1, 0.15) is 42.9 Å². The monoisotopic (exact) mass is 251 g/mol. The topological polar surface area (TPSA) is 52.5 Å². The summed E-state index contributed by atoms with van der Waals surface area (Å²) in [7, 11) is 0. The Morgan fingerprint density at radius 3 is 2.50 bits per heavy atom. The lowest BCUT2D eigenvalue weighted by Gasteiger charge is -2.17. The second kappa shape index (κ2) is 7.52. The molecule has 3 heteroatoms. The number of nitrogens with one attached hydrogen (secondary N) is 1. The second-order valence-corrected chi connectivity index (χ2v) is 5.11. The molecule has 1 rings (SSSR count). The Labute approximate surface area is 110 Å². The standard InChI is InChI=1S/C15H25NO2/c1-11(2)13-5-4-12(3)14(8-13)9-16-15(10-18)6-7-17/h4-5,8,11,15-18H,6-7,9-10H2,1-3H3. The Hall–Kier alpha value is -0.900. The first-order chi connectivity index (χ1) is 8.58. The van der Waals surface area contributed by atoms with Crippen molar-refractivity contribution in [1.82, 2.24) is 5.32 Å². The third kappa shape index (κ3) is 4.41. The maximum Gasteiger partial charge on any atom is 0.0585 e. The van der Waals surface area contributed by atoms with Gasteiger partial charge in [0.2, 0.25) is 0 Å². The quantitative estimate of drug-likeness (QED) is 0.694. The van der Waals surface area contributed by atoms with Crippen molar-refractivity contribution in [2.24, 2.45) is 0 Å². The minimum Gasteiger partial charge on any atom is -0.396 e. The predicted octanol–water partition coefficient (Wildman–Crippen LogP) is 1.95. The van der Waals surface area contributed by atoms with Gasteiger partial charge < -0.3 is 15.5 Å². The molecule has 0 fully saturated rings. The molecule has 0 amide bonds. The van der Waals surface area contributed by atoms with E-state index in [1.165, 1.54) is 16.7 Å². The largest absolute Gasteiger partial charge is 0.396 e. The molecule has 0 spiro atoms. The van der Waals surface area contributed by atoms with Gasteiger partial charge in [-0.05, 0) is 36.0 Å². The van der Waals surface area contributed by atoms with Crippen molar-refractivity contribution >= 4 is 0 Å². The third-order valence-corrected chi connectivity index (χ3v) is 3.32. The smallest absolute Gasteiger partial charge is 0.0585 e. The van der Waals surface area contributed by atoms with E-state index in [-0.39, 0.29) is 19.3 Å². The number of rotatable bonds is 7. The maximum atomic E-state index is 9.17. The Kier molecular flexibility index (Phi) is 6.33. The molecule has 0 heterocycles. The van der Waals surface area contributed by atoms with Crippen LogP contribution >= 0.6 is 0 Å². The molecule has 1 unspecified atom stereocenters. The second-order valence-electron chi connectivity index (χ2n) is 5.11. The van der Waals surface area contributed by atoms with E-state index >= 15 is 0 Å². The van der Waals surface area contributed by atoms with Gasteiger partial charge in [-0.15, -0.1) is 0 Å². The molecular weight excluding hydrogens is 226 g/mol. The van der Waals surface area contributed by atoms with Crippen LogP contribution in [0, 0.1) is 6.92 Å². The van der Waals surface area contributed by atoms with Gasteiger partial charge in [-0.25, -0.2) is 0 Å². The van der Waals surface area contributed by atoms with E-state index in [1.54, 1.807) is 0 Å². The highest BCUT2D eigenvalue weighted by atomic mass is 16.3. The molecule has 1 aromatic carbocycles. The summed E-state index contributed by atoms with van der Waals surface area (Å²) in [5, 5.41) is 21.3. The van der Waals surface area contributed by atoms with E-state index in [4.69, 9.17) is 5.11 Å². The van der Waals surface area contributed by atoms with Crippen molar-refractivity contribution in [3.8, 4) is 0 Å². The number of aliphatic hydroxyl groups excluding tert-OH is 2. The van der Waals surface area contributed by atoms with Crippen molar-refractivity contribution < 1.29 is 10.2 Å². The zero-order valence-corrected chi connectivity index (χ0v) is 11.6. The average Bonchev–Trinajstić information content (AvgIpc) is 2.35. The van der Waals surface area contributed by atoms with Crippen LogP contribution in [0.2, 0.25) is 0 Å². The first kappa shape index (κ1) is 15.2. The molecule has 1 aromatic rings. The third-order valence-electron chi connectivity index (χ3n) is 3.32. The molecule has 0 saturated heterocycles. The number of hydrogen-bond donors (Lipinski definition) is 3. The molecule has 0 aliphatic rings. The lowest BCUT2D eigenvalue weighted by Crippen LogP contribution is -2.33. The molecule has 0 saturated carbocycles. The predicted molar refractivity (Wildman–Crippen MR) is 74.7 cm³/mol. The van der Waals surface area contributed by atoms with Gasteiger partial charge in [-0.1, -0.05) is 32.0 Å². The van der Waals surface area contributed by atoms with Crippen LogP contribution in [0.3, 0.4) is 0 Å². The minimum atomic E-state index is -0.0305. The first-order valence-corrected chi connectivity index (χ1v) is 6.63. The van der Waals surface area contributed by atoms with Crippen LogP contribution in [0.25, 0.3) is 0 Å². The molecule has 0 aliphatic heterocycles. The highest BCUT2D eigenvalue weighted by molar-refractivity contribution is 5.32. The van der Waals surface area contributed by atoms with Crippen LogP contribution in [0.15, 0.2) is 18.2 Å². The van der Waals surface area contributed by atoms with Crippen molar-refractivity contribution in [3.05, 3.63) is 34.9 Å². The van der Waals surface area contributed by atoms with Crippen molar-refractivity contribution in [3.63, 3.8) is 0 Å². The van der Waals surface area contributed by atoms with Crippen molar-refractivity contribution in [2.75, 3.05) is 13.2 Å². The highest BCUT2D eigenvalue weighted by Crippen LogP contribution is 2.18. The Morgan fingerprint density at radius 2 is 1.94 bits per heavy atom. The van der Waals surface area contributed by atoms with Crippen LogP contribution in [0.5, 0.6) is 0 Å². The summed E-state index contributed by atoms with van der Waals surface area (Å²) in [4.78, 5) is 0. The maximum absolute atomic E-state index is 9.17. The molecule has 3 N–H and O–H groups in total. The molecular formula is C15H25NO2. The summed E-state index contributed by atoms with van der Waals surface area (Å²) < 4.78 is 0. The summed E-state index contributed by atoms with van der Waals surface area (Å²) >= 11 is 0. The normalized spacial score (nSPS) is 13.0. The molecule has 1 atom stereocenters. The number of hydrogen-bond acceptors (Lipinski definition) is 3. The lowest BCUT2D eigenvalue weighted by atomic mass is 9.97. The molecule has 0 aromatic heterocycles. The van der Waals surface area contributed by atoms with Gasteiger partial charge in [0.25, 0.3) is 0 Å². The van der Waals surface area contributed by atoms with Gasteiger partial charge in [0, 0.05) is 19.2 Å². The van der Waals surface area contributed by atoms with E-state index in [0.717, 1.165) is 6.54 Å². The molecule has 3 nitrogen and oxygen atoms in total. The molecule has 0 radical (unpaired) electrons. The molecule has 0 aliphatic carbocycles. The summed E-state index contributed by atoms with van der Waals surface area (Å²) in [6.07, 6.45) is 0.583. The van der Waals surface area contributed by atoms with Crippen LogP contribution < -0.4 is 5.32 Å². The zero-order valence-electron chi connectivity index (χ0n) is 11.6. The van der Waals surface area contributed by atoms with Crippen molar-refractivity contribution in [2.45, 2.75) is 45.7 Å². The molecule has 18 heavy (non-hydrogen) atoms. The first-order valence-electron chi connectivity index (χ1n) is 6.63. The van der Waals surface area contributed by atoms with Gasteiger partial charge >= 0.3 is 0 Å². The molecule has 0 bridgehead atoms. The van der Waals surface area contributed by atoms with E-state index in [1.807, 2.05) is 0 Å². The SMILES string of the molecule is Cc1ccc(C(C)C)cc1CNC(CO)CCO. The van der Waals surface area contributed by atoms with E-state index in [0.29, 0.717) is 12.3 Å². The van der Waals surface area contributed by atoms with Gasteiger partial charge in [-0.2, -0.15) is 0 Å². The van der Waals surface area contributed by atoms with Gasteiger partial charge in [0.1, 0.15) is 0 Å². The van der Waals surface area contributed by atoms with Gasteiger partial charge in [0.05, 0.1) is 6.61 Å². The summed E-state index contributed by atoms with van der Waals surface area (Å²) in [6.45, 7) is 7.36. The summed E-state index contributed by atoms with van der Waals surface area (Å²) in [5.74, 6) is 0.524. The van der Waals surface area contributed by atoms with Crippen LogP contribution in [-0.2, 0) is 6.54 Å². The Balaban J connectivity index is 2.68. The van der Waals surface area contributed by atoms with E-state index < -0.39 is 0 Å². The van der Waals surface area contributed by atoms with E-state index in [9.17, 15) is 5.11 Å². The Morgan fingerprint density at radius 1 is 1.22 bits per heavy atom. The summed E-state index contributed by atoms with van der Waals surface area (Å²) in [6, 6.07) is 6.50. The fourth-order valence-corrected chi connectivity index (χ4v) is 1.91. The fourth-order valence-electron chi connectivity index (χ4n) is 1.91. The number of benzene rings is 1. The van der Waals surface area contributed by atoms with Crippen molar-refractivity contribution in [1.29, 1.82) is 0 Å². The average molecular weight is 251 g/mol. The van der Waals surface area contributed by atoms with Crippen LogP contribution in [0.4, 0.5) is 0 Å². The number of aryl methyl sites for hydroxylation is 1. The molecule has 102 valence electrons. The lowest BCUT2D eigenvalue weighted by molar-refractivity contribution is 0.200. The van der Waals surface area contributed by atoms with Gasteiger partial charge in [0.15, 0.2) is 0 Å². The number of aliphatic hydroxyl groups is 2. The summed E-state index contributed by atoms with van der Waals surface area (Å²) in [5.41, 5.74) is 3.85. The highest BCUT2D eigenvalue weighted by Gasteiger charge is 2.08. The van der Waals surface area contributed by atoms with Crippen LogP contribution in [-0.4, -0.2) is 29.5 Å². The Bertz CT molecular complexity index is 364. The zero-order chi connectivity index (χ0) is 13.5. The minimum absolute atomic E-state index is 0.0305. The van der Waals surface area contributed by atoms with E-state index in [2.05, 4.69) is 44.3 Å². The fraction of sp³-hybridized carbons (Fsp3) is 0.600.